The van der Waals surface area contributed by atoms with Crippen molar-refractivity contribution in [1.29, 1.82) is 0 Å². The van der Waals surface area contributed by atoms with Gasteiger partial charge in [0.15, 0.2) is 10.7 Å². The van der Waals surface area contributed by atoms with Crippen LogP contribution in [0, 0.1) is 0 Å². The molecule has 0 saturated carbocycles. The lowest BCUT2D eigenvalue weighted by molar-refractivity contribution is -0.147. The van der Waals surface area contributed by atoms with E-state index in [-0.39, 0.29) is 24.9 Å². The molecule has 2 aromatic rings. The van der Waals surface area contributed by atoms with Gasteiger partial charge in [0.2, 0.25) is 5.91 Å². The summed E-state index contributed by atoms with van der Waals surface area (Å²) in [5, 5.41) is 0. The standard InChI is InChI=1S/C21H19NO5S/c1-14(23)15-6-2-4-8-17(15)26-12-13-27-20(25)21-11-10-19(24)22(21)16-7-3-5-9-18(16)28-21/h2-9H,10-13H2,1H3. The summed E-state index contributed by atoms with van der Waals surface area (Å²) in [4.78, 5) is 38.4. The van der Waals surface area contributed by atoms with Crippen LogP contribution < -0.4 is 9.64 Å². The van der Waals surface area contributed by atoms with Gasteiger partial charge >= 0.3 is 5.97 Å². The summed E-state index contributed by atoms with van der Waals surface area (Å²) < 4.78 is 11.1. The Bertz CT molecular complexity index is 959. The topological polar surface area (TPSA) is 72.9 Å². The summed E-state index contributed by atoms with van der Waals surface area (Å²) in [7, 11) is 0. The molecule has 2 aromatic carbocycles. The number of hydrogen-bond donors (Lipinski definition) is 0. The Morgan fingerprint density at radius 3 is 2.68 bits per heavy atom. The molecular formula is C21H19NO5S. The van der Waals surface area contributed by atoms with Crippen LogP contribution in [0.2, 0.25) is 0 Å². The predicted octanol–water partition coefficient (Wildman–Crippen LogP) is 3.44. The minimum Gasteiger partial charge on any atom is -0.489 e. The van der Waals surface area contributed by atoms with Gasteiger partial charge in [-0.2, -0.15) is 0 Å². The number of nitrogens with zero attached hydrogens (tertiary/aromatic N) is 1. The summed E-state index contributed by atoms with van der Waals surface area (Å²) in [5.74, 6) is -0.139. The number of Topliss-reactive ketones (excluding diaryl/α,β-unsaturated/α-hetero) is 1. The number of fused-ring (bicyclic) bond motifs is 3. The van der Waals surface area contributed by atoms with Crippen LogP contribution in [0.1, 0.15) is 30.1 Å². The quantitative estimate of drug-likeness (QED) is 0.422. The van der Waals surface area contributed by atoms with Gasteiger partial charge in [0.25, 0.3) is 0 Å². The molecule has 2 aliphatic rings. The van der Waals surface area contributed by atoms with Gasteiger partial charge in [0, 0.05) is 17.7 Å². The zero-order valence-corrected chi connectivity index (χ0v) is 16.2. The third-order valence-corrected chi connectivity index (χ3v) is 6.29. The summed E-state index contributed by atoms with van der Waals surface area (Å²) >= 11 is 1.37. The number of anilines is 1. The largest absolute Gasteiger partial charge is 0.489 e. The van der Waals surface area contributed by atoms with Gasteiger partial charge in [-0.25, -0.2) is 4.79 Å². The highest BCUT2D eigenvalue weighted by atomic mass is 32.2. The molecule has 144 valence electrons. The van der Waals surface area contributed by atoms with Crippen molar-refractivity contribution in [1.82, 2.24) is 0 Å². The summed E-state index contributed by atoms with van der Waals surface area (Å²) in [5.41, 5.74) is 1.25. The van der Waals surface area contributed by atoms with Crippen molar-refractivity contribution >= 4 is 35.1 Å². The first kappa shape index (κ1) is 18.6. The van der Waals surface area contributed by atoms with Crippen LogP contribution in [-0.2, 0) is 14.3 Å². The second kappa shape index (κ2) is 7.31. The molecule has 28 heavy (non-hydrogen) atoms. The molecule has 1 atom stereocenters. The number of carbonyl (C=O) groups excluding carboxylic acids is 3. The van der Waals surface area contributed by atoms with Crippen molar-refractivity contribution in [3.05, 3.63) is 54.1 Å². The molecule has 0 N–H and O–H groups in total. The fourth-order valence-corrected chi connectivity index (χ4v) is 4.97. The molecule has 7 heteroatoms. The molecule has 0 spiro atoms. The highest BCUT2D eigenvalue weighted by molar-refractivity contribution is 8.02. The minimum atomic E-state index is -1.03. The normalized spacial score (nSPS) is 19.9. The fourth-order valence-electron chi connectivity index (χ4n) is 3.55. The van der Waals surface area contributed by atoms with Crippen molar-refractivity contribution in [2.24, 2.45) is 0 Å². The third-order valence-electron chi connectivity index (χ3n) is 4.83. The van der Waals surface area contributed by atoms with Crippen molar-refractivity contribution in [3.63, 3.8) is 0 Å². The number of esters is 1. The lowest BCUT2D eigenvalue weighted by Gasteiger charge is -2.28. The maximum Gasteiger partial charge on any atom is 0.343 e. The summed E-state index contributed by atoms with van der Waals surface area (Å²) in [6, 6.07) is 14.4. The molecule has 1 saturated heterocycles. The van der Waals surface area contributed by atoms with Crippen molar-refractivity contribution < 1.29 is 23.9 Å². The number of amides is 1. The van der Waals surface area contributed by atoms with Gasteiger partial charge in [-0.1, -0.05) is 36.0 Å². The number of rotatable bonds is 6. The van der Waals surface area contributed by atoms with E-state index in [4.69, 9.17) is 9.47 Å². The van der Waals surface area contributed by atoms with Crippen LogP contribution in [0.3, 0.4) is 0 Å². The summed E-state index contributed by atoms with van der Waals surface area (Å²) in [6.07, 6.45) is 0.733. The smallest absolute Gasteiger partial charge is 0.343 e. The Balaban J connectivity index is 1.41. The fraction of sp³-hybridized carbons (Fsp3) is 0.286. The molecule has 0 aromatic heterocycles. The lowest BCUT2D eigenvalue weighted by atomic mass is 10.1. The molecule has 1 unspecified atom stereocenters. The van der Waals surface area contributed by atoms with Crippen LogP contribution in [0.5, 0.6) is 5.75 Å². The van der Waals surface area contributed by atoms with E-state index in [1.54, 1.807) is 29.2 Å². The van der Waals surface area contributed by atoms with Crippen molar-refractivity contribution in [3.8, 4) is 5.75 Å². The average Bonchev–Trinajstić information content (AvgIpc) is 3.21. The Morgan fingerprint density at radius 1 is 1.11 bits per heavy atom. The van der Waals surface area contributed by atoms with Gasteiger partial charge < -0.3 is 9.47 Å². The van der Waals surface area contributed by atoms with Gasteiger partial charge in [-0.05, 0) is 31.2 Å². The van der Waals surface area contributed by atoms with Crippen LogP contribution in [-0.4, -0.2) is 35.7 Å². The predicted molar refractivity (Wildman–Crippen MR) is 105 cm³/mol. The lowest BCUT2D eigenvalue weighted by Crippen LogP contribution is -2.48. The molecule has 1 amide bonds. The van der Waals surface area contributed by atoms with Gasteiger partial charge in [-0.3, -0.25) is 14.5 Å². The first-order chi connectivity index (χ1) is 13.5. The molecule has 2 aliphatic heterocycles. The zero-order valence-electron chi connectivity index (χ0n) is 15.3. The third kappa shape index (κ3) is 3.05. The number of benzene rings is 2. The minimum absolute atomic E-state index is 0.0335. The maximum atomic E-state index is 12.9. The SMILES string of the molecule is CC(=O)c1ccccc1OCCOC(=O)C12CCC(=O)N1c1ccccc1S2. The monoisotopic (exact) mass is 397 g/mol. The van der Waals surface area contributed by atoms with E-state index in [9.17, 15) is 14.4 Å². The van der Waals surface area contributed by atoms with E-state index in [2.05, 4.69) is 0 Å². The van der Waals surface area contributed by atoms with E-state index in [1.807, 2.05) is 24.3 Å². The number of ketones is 1. The average molecular weight is 397 g/mol. The zero-order chi connectivity index (χ0) is 19.7. The molecule has 1 fully saturated rings. The Morgan fingerprint density at radius 2 is 1.86 bits per heavy atom. The Kier molecular flexibility index (Phi) is 4.85. The van der Waals surface area contributed by atoms with Crippen LogP contribution >= 0.6 is 11.8 Å². The van der Waals surface area contributed by atoms with Crippen molar-refractivity contribution in [2.45, 2.75) is 29.5 Å². The Labute approximate surface area is 166 Å². The second-order valence-electron chi connectivity index (χ2n) is 6.62. The van der Waals surface area contributed by atoms with E-state index in [0.717, 1.165) is 10.6 Å². The van der Waals surface area contributed by atoms with Gasteiger partial charge in [0.05, 0.1) is 11.3 Å². The Hall–Kier alpha value is -2.80. The molecule has 2 heterocycles. The van der Waals surface area contributed by atoms with Crippen LogP contribution in [0.25, 0.3) is 0 Å². The highest BCUT2D eigenvalue weighted by Crippen LogP contribution is 2.56. The van der Waals surface area contributed by atoms with E-state index >= 15 is 0 Å². The molecule has 0 aliphatic carbocycles. The number of ether oxygens (including phenoxy) is 2. The van der Waals surface area contributed by atoms with Crippen molar-refractivity contribution in [2.75, 3.05) is 18.1 Å². The second-order valence-corrected chi connectivity index (χ2v) is 7.94. The number of para-hydroxylation sites is 2. The van der Waals surface area contributed by atoms with Gasteiger partial charge in [-0.15, -0.1) is 0 Å². The molecule has 6 nitrogen and oxygen atoms in total. The van der Waals surface area contributed by atoms with E-state index < -0.39 is 10.8 Å². The summed E-state index contributed by atoms with van der Waals surface area (Å²) in [6.45, 7) is 1.63. The molecule has 4 rings (SSSR count). The van der Waals surface area contributed by atoms with Crippen LogP contribution in [0.4, 0.5) is 5.69 Å². The molecule has 0 radical (unpaired) electrons. The first-order valence-electron chi connectivity index (χ1n) is 9.04. The van der Waals surface area contributed by atoms with E-state index in [1.165, 1.54) is 18.7 Å². The molecular weight excluding hydrogens is 378 g/mol. The number of thioether (sulfide) groups is 1. The highest BCUT2D eigenvalue weighted by Gasteiger charge is 2.58. The number of hydrogen-bond acceptors (Lipinski definition) is 6. The van der Waals surface area contributed by atoms with E-state index in [0.29, 0.717) is 24.2 Å². The maximum absolute atomic E-state index is 12.9. The van der Waals surface area contributed by atoms with Crippen LogP contribution in [0.15, 0.2) is 53.4 Å². The van der Waals surface area contributed by atoms with Gasteiger partial charge in [0.1, 0.15) is 19.0 Å². The molecule has 0 bridgehead atoms. The first-order valence-corrected chi connectivity index (χ1v) is 9.86. The number of carbonyl (C=O) groups is 3.